The molecular formula is C10H21F3N2. The van der Waals surface area contributed by atoms with Crippen molar-refractivity contribution in [1.29, 1.82) is 0 Å². The predicted molar refractivity (Wildman–Crippen MR) is 55.9 cm³/mol. The maximum atomic E-state index is 12.3. The first-order chi connectivity index (χ1) is 6.69. The lowest BCUT2D eigenvalue weighted by Crippen LogP contribution is -2.51. The van der Waals surface area contributed by atoms with E-state index >= 15 is 0 Å². The molecule has 0 radical (unpaired) electrons. The summed E-state index contributed by atoms with van der Waals surface area (Å²) < 4.78 is 37.0. The summed E-state index contributed by atoms with van der Waals surface area (Å²) in [4.78, 5) is 1.46. The van der Waals surface area contributed by atoms with Gasteiger partial charge < -0.3 is 5.32 Å². The number of likely N-dealkylation sites (N-methyl/N-ethyl adjacent to an activating group) is 1. The molecule has 0 aliphatic carbocycles. The van der Waals surface area contributed by atoms with Gasteiger partial charge in [0, 0.05) is 18.1 Å². The van der Waals surface area contributed by atoms with Crippen molar-refractivity contribution in [3.8, 4) is 0 Å². The first-order valence-corrected chi connectivity index (χ1v) is 5.18. The van der Waals surface area contributed by atoms with Crippen molar-refractivity contribution in [3.63, 3.8) is 0 Å². The van der Waals surface area contributed by atoms with Crippen LogP contribution in [0.1, 0.15) is 27.7 Å². The highest BCUT2D eigenvalue weighted by Gasteiger charge is 2.34. The number of nitrogens with one attached hydrogen (secondary N) is 1. The van der Waals surface area contributed by atoms with E-state index in [-0.39, 0.29) is 18.1 Å². The number of rotatable bonds is 5. The van der Waals surface area contributed by atoms with Gasteiger partial charge in [0.05, 0.1) is 6.54 Å². The lowest BCUT2D eigenvalue weighted by molar-refractivity contribution is -0.155. The van der Waals surface area contributed by atoms with Crippen LogP contribution in [0.15, 0.2) is 0 Å². The lowest BCUT2D eigenvalue weighted by Gasteiger charge is -2.36. The predicted octanol–water partition coefficient (Wildman–Crippen LogP) is 2.26. The van der Waals surface area contributed by atoms with Gasteiger partial charge in [-0.1, -0.05) is 0 Å². The quantitative estimate of drug-likeness (QED) is 0.773. The van der Waals surface area contributed by atoms with Gasteiger partial charge >= 0.3 is 6.18 Å². The van der Waals surface area contributed by atoms with E-state index in [2.05, 4.69) is 5.32 Å². The van der Waals surface area contributed by atoms with Crippen LogP contribution in [0.5, 0.6) is 0 Å². The Morgan fingerprint density at radius 3 is 1.87 bits per heavy atom. The Morgan fingerprint density at radius 2 is 1.60 bits per heavy atom. The van der Waals surface area contributed by atoms with Crippen LogP contribution in [-0.4, -0.2) is 42.8 Å². The second-order valence-corrected chi connectivity index (χ2v) is 4.20. The van der Waals surface area contributed by atoms with Gasteiger partial charge in [-0.3, -0.25) is 4.90 Å². The minimum atomic E-state index is -4.13. The topological polar surface area (TPSA) is 15.3 Å². The molecule has 0 aromatic rings. The van der Waals surface area contributed by atoms with Gasteiger partial charge in [0.2, 0.25) is 0 Å². The average molecular weight is 226 g/mol. The zero-order valence-corrected chi connectivity index (χ0v) is 10.0. The third-order valence-electron chi connectivity index (χ3n) is 2.73. The van der Waals surface area contributed by atoms with Crippen molar-refractivity contribution < 1.29 is 13.2 Å². The summed E-state index contributed by atoms with van der Waals surface area (Å²) in [5.74, 6) is 0. The number of hydrogen-bond acceptors (Lipinski definition) is 2. The molecule has 1 N–H and O–H groups in total. The first-order valence-electron chi connectivity index (χ1n) is 5.18. The highest BCUT2D eigenvalue weighted by molar-refractivity contribution is 4.80. The molecule has 0 aliphatic heterocycles. The number of alkyl halides is 3. The Bertz CT molecular complexity index is 180. The molecule has 0 amide bonds. The van der Waals surface area contributed by atoms with Crippen LogP contribution < -0.4 is 5.32 Å². The highest BCUT2D eigenvalue weighted by atomic mass is 19.4. The van der Waals surface area contributed by atoms with E-state index in [0.29, 0.717) is 0 Å². The fourth-order valence-corrected chi connectivity index (χ4v) is 1.53. The summed E-state index contributed by atoms with van der Waals surface area (Å²) in [5.41, 5.74) is 0. The fourth-order valence-electron chi connectivity index (χ4n) is 1.53. The summed E-state index contributed by atoms with van der Waals surface area (Å²) in [6.45, 7) is 6.41. The van der Waals surface area contributed by atoms with Crippen LogP contribution in [0.4, 0.5) is 13.2 Å². The molecule has 0 fully saturated rings. The third-order valence-corrected chi connectivity index (χ3v) is 2.73. The lowest BCUT2D eigenvalue weighted by atomic mass is 10.1. The van der Waals surface area contributed by atoms with Gasteiger partial charge in [-0.05, 0) is 34.7 Å². The van der Waals surface area contributed by atoms with Crippen molar-refractivity contribution in [3.05, 3.63) is 0 Å². The fraction of sp³-hybridized carbons (Fsp3) is 1.00. The van der Waals surface area contributed by atoms with E-state index in [4.69, 9.17) is 0 Å². The molecule has 0 rings (SSSR count). The maximum absolute atomic E-state index is 12.3. The molecular weight excluding hydrogens is 205 g/mol. The molecule has 92 valence electrons. The molecule has 2 unspecified atom stereocenters. The minimum absolute atomic E-state index is 0.0368. The third kappa shape index (κ3) is 5.37. The van der Waals surface area contributed by atoms with E-state index in [1.165, 1.54) is 4.90 Å². The molecule has 0 aromatic carbocycles. The second kappa shape index (κ2) is 5.70. The molecule has 0 saturated heterocycles. The van der Waals surface area contributed by atoms with Crippen molar-refractivity contribution in [1.82, 2.24) is 10.2 Å². The average Bonchev–Trinajstić information content (AvgIpc) is 2.10. The van der Waals surface area contributed by atoms with E-state index < -0.39 is 12.7 Å². The Labute approximate surface area is 89.8 Å². The SMILES string of the molecule is CNC(C)C(C)N(CC(F)(F)F)C(C)C. The van der Waals surface area contributed by atoms with Crippen molar-refractivity contribution in [2.75, 3.05) is 13.6 Å². The van der Waals surface area contributed by atoms with E-state index in [1.54, 1.807) is 20.9 Å². The summed E-state index contributed by atoms with van der Waals surface area (Å²) in [7, 11) is 1.76. The summed E-state index contributed by atoms with van der Waals surface area (Å²) in [5, 5.41) is 2.98. The number of nitrogens with zero attached hydrogens (tertiary/aromatic N) is 1. The molecule has 0 bridgehead atoms. The number of halogens is 3. The Kier molecular flexibility index (Phi) is 5.59. The van der Waals surface area contributed by atoms with Crippen LogP contribution in [0, 0.1) is 0 Å². The zero-order valence-electron chi connectivity index (χ0n) is 10.0. The van der Waals surface area contributed by atoms with Crippen molar-refractivity contribution >= 4 is 0 Å². The largest absolute Gasteiger partial charge is 0.401 e. The van der Waals surface area contributed by atoms with Gasteiger partial charge in [-0.25, -0.2) is 0 Å². The van der Waals surface area contributed by atoms with Crippen molar-refractivity contribution in [2.45, 2.75) is 52.0 Å². The van der Waals surface area contributed by atoms with Gasteiger partial charge in [-0.2, -0.15) is 13.2 Å². The molecule has 5 heteroatoms. The van der Waals surface area contributed by atoms with Gasteiger partial charge in [0.25, 0.3) is 0 Å². The van der Waals surface area contributed by atoms with Crippen LogP contribution in [-0.2, 0) is 0 Å². The van der Waals surface area contributed by atoms with Crippen molar-refractivity contribution in [2.24, 2.45) is 0 Å². The summed E-state index contributed by atoms with van der Waals surface area (Å²) in [6, 6.07) is -0.219. The first kappa shape index (κ1) is 14.7. The Morgan fingerprint density at radius 1 is 1.13 bits per heavy atom. The van der Waals surface area contributed by atoms with Gasteiger partial charge in [-0.15, -0.1) is 0 Å². The molecule has 15 heavy (non-hydrogen) atoms. The smallest absolute Gasteiger partial charge is 0.316 e. The minimum Gasteiger partial charge on any atom is -0.316 e. The molecule has 0 saturated carbocycles. The van der Waals surface area contributed by atoms with E-state index in [9.17, 15) is 13.2 Å². The monoisotopic (exact) mass is 226 g/mol. The van der Waals surface area contributed by atoms with Crippen LogP contribution in [0.25, 0.3) is 0 Å². The van der Waals surface area contributed by atoms with Crippen LogP contribution in [0.3, 0.4) is 0 Å². The summed E-state index contributed by atoms with van der Waals surface area (Å²) in [6.07, 6.45) is -4.13. The second-order valence-electron chi connectivity index (χ2n) is 4.20. The van der Waals surface area contributed by atoms with Crippen LogP contribution in [0.2, 0.25) is 0 Å². The van der Waals surface area contributed by atoms with Gasteiger partial charge in [0.15, 0.2) is 0 Å². The highest BCUT2D eigenvalue weighted by Crippen LogP contribution is 2.20. The maximum Gasteiger partial charge on any atom is 0.401 e. The van der Waals surface area contributed by atoms with E-state index in [0.717, 1.165) is 0 Å². The standard InChI is InChI=1S/C10H21F3N2/c1-7(2)15(6-10(11,12)13)9(4)8(3)14-5/h7-9,14H,6H2,1-5H3. The van der Waals surface area contributed by atoms with Gasteiger partial charge in [0.1, 0.15) is 0 Å². The van der Waals surface area contributed by atoms with E-state index in [1.807, 2.05) is 13.8 Å². The number of hydrogen-bond donors (Lipinski definition) is 1. The Hall–Kier alpha value is -0.290. The molecule has 2 nitrogen and oxygen atoms in total. The van der Waals surface area contributed by atoms with Crippen LogP contribution >= 0.6 is 0 Å². The molecule has 0 aromatic heterocycles. The molecule has 0 spiro atoms. The Balaban J connectivity index is 4.52. The molecule has 0 heterocycles. The normalized spacial score (nSPS) is 17.2. The zero-order chi connectivity index (χ0) is 12.2. The molecule has 2 atom stereocenters. The summed E-state index contributed by atoms with van der Waals surface area (Å²) >= 11 is 0. The molecule has 0 aliphatic rings.